The molecule has 6 nitrogen and oxygen atoms in total. The molecule has 2 aliphatic rings. The van der Waals surface area contributed by atoms with E-state index >= 15 is 0 Å². The Balaban J connectivity index is 0.000000224. The second-order valence-electron chi connectivity index (χ2n) is 7.82. The van der Waals surface area contributed by atoms with Gasteiger partial charge in [0.2, 0.25) is 0 Å². The highest BCUT2D eigenvalue weighted by Crippen LogP contribution is 2.10. The van der Waals surface area contributed by atoms with Crippen LogP contribution in [0.15, 0.2) is 16.9 Å². The molecule has 1 aromatic rings. The summed E-state index contributed by atoms with van der Waals surface area (Å²) in [6.07, 6.45) is 11.6. The van der Waals surface area contributed by atoms with Gasteiger partial charge in [-0.3, -0.25) is 4.79 Å². The highest BCUT2D eigenvalue weighted by Gasteiger charge is 2.16. The monoisotopic (exact) mass is 386 g/mol. The first-order chi connectivity index (χ1) is 13.4. The maximum absolute atomic E-state index is 12.0. The number of nitrogens with one attached hydrogen (secondary N) is 1. The van der Waals surface area contributed by atoms with Gasteiger partial charge < -0.3 is 24.5 Å². The number of hydrogen-bond donors (Lipinski definition) is 1. The van der Waals surface area contributed by atoms with Crippen molar-refractivity contribution in [2.45, 2.75) is 25.8 Å². The highest BCUT2D eigenvalue weighted by atomic mass is 16.1. The van der Waals surface area contributed by atoms with Crippen molar-refractivity contribution in [2.75, 3.05) is 54.4 Å². The molecule has 3 rings (SSSR count). The van der Waals surface area contributed by atoms with Crippen LogP contribution in [0.4, 0.5) is 0 Å². The van der Waals surface area contributed by atoms with Crippen LogP contribution in [0, 0.1) is 0 Å². The smallest absolute Gasteiger partial charge is 0.255 e. The zero-order chi connectivity index (χ0) is 20.5. The zero-order valence-electron chi connectivity index (χ0n) is 17.7. The Morgan fingerprint density at radius 1 is 1.18 bits per heavy atom. The first kappa shape index (κ1) is 22.3. The second-order valence-corrected chi connectivity index (χ2v) is 7.82. The van der Waals surface area contributed by atoms with Crippen LogP contribution in [0.2, 0.25) is 0 Å². The van der Waals surface area contributed by atoms with Gasteiger partial charge in [0.1, 0.15) is 6.29 Å². The van der Waals surface area contributed by atoms with E-state index in [4.69, 9.17) is 0 Å². The molecule has 0 spiro atoms. The summed E-state index contributed by atoms with van der Waals surface area (Å²) < 4.78 is 0. The Bertz CT molecular complexity index is 855. The van der Waals surface area contributed by atoms with Crippen LogP contribution in [0.25, 0.3) is 12.2 Å². The van der Waals surface area contributed by atoms with Crippen molar-refractivity contribution >= 4 is 18.4 Å². The number of nitrogens with zero attached hydrogens (tertiary/aromatic N) is 3. The molecule has 0 aromatic carbocycles. The average molecular weight is 387 g/mol. The number of carbonyl (C=O) groups is 1. The lowest BCUT2D eigenvalue weighted by molar-refractivity contribution is -0.108. The number of fused-ring (bicyclic) bond motifs is 3. The third-order valence-corrected chi connectivity index (χ3v) is 5.07. The van der Waals surface area contributed by atoms with Crippen molar-refractivity contribution in [1.82, 2.24) is 19.7 Å². The molecule has 28 heavy (non-hydrogen) atoms. The summed E-state index contributed by atoms with van der Waals surface area (Å²) in [6, 6.07) is 0. The van der Waals surface area contributed by atoms with E-state index in [1.165, 1.54) is 5.56 Å². The van der Waals surface area contributed by atoms with Crippen LogP contribution in [-0.4, -0.2) is 80.3 Å². The third-order valence-electron chi connectivity index (χ3n) is 5.07. The third kappa shape index (κ3) is 6.55. The highest BCUT2D eigenvalue weighted by molar-refractivity contribution is 5.49. The molecule has 154 valence electrons. The lowest BCUT2D eigenvalue weighted by Crippen LogP contribution is -2.47. The molecule has 0 atom stereocenters. The molecule has 0 fully saturated rings. The van der Waals surface area contributed by atoms with Crippen molar-refractivity contribution in [3.8, 4) is 0 Å². The Labute approximate surface area is 167 Å². The quantitative estimate of drug-likeness (QED) is 0.695. The van der Waals surface area contributed by atoms with E-state index in [0.29, 0.717) is 6.42 Å². The van der Waals surface area contributed by atoms with Crippen LogP contribution in [0.5, 0.6) is 0 Å². The maximum Gasteiger partial charge on any atom is 0.255 e. The first-order valence-corrected chi connectivity index (χ1v) is 9.99. The number of aromatic nitrogens is 1. The number of hydrogen-bond acceptors (Lipinski definition) is 5. The fourth-order valence-electron chi connectivity index (χ4n) is 3.35. The topological polar surface area (TPSA) is 59.6 Å². The van der Waals surface area contributed by atoms with Crippen LogP contribution in [0.3, 0.4) is 0 Å². The molecule has 0 radical (unpaired) electrons. The summed E-state index contributed by atoms with van der Waals surface area (Å²) in [5.74, 6) is 0. The van der Waals surface area contributed by atoms with E-state index in [1.807, 2.05) is 27.2 Å². The van der Waals surface area contributed by atoms with Gasteiger partial charge in [-0.1, -0.05) is 24.3 Å². The summed E-state index contributed by atoms with van der Waals surface area (Å²) in [7, 11) is 8.25. The molecule has 1 aliphatic heterocycles. The molecule has 0 bridgehead atoms. The van der Waals surface area contributed by atoms with Crippen molar-refractivity contribution in [3.63, 3.8) is 0 Å². The van der Waals surface area contributed by atoms with Gasteiger partial charge in [-0.25, -0.2) is 0 Å². The number of carbonyl (C=O) groups excluding carboxylic acids is 1. The van der Waals surface area contributed by atoms with E-state index in [2.05, 4.69) is 45.0 Å². The van der Waals surface area contributed by atoms with Crippen LogP contribution < -0.4 is 16.0 Å². The van der Waals surface area contributed by atoms with Gasteiger partial charge in [-0.2, -0.15) is 0 Å². The molecule has 0 saturated carbocycles. The van der Waals surface area contributed by atoms with Gasteiger partial charge in [-0.05, 0) is 45.4 Å². The minimum atomic E-state index is 0.0586. The van der Waals surface area contributed by atoms with Gasteiger partial charge in [-0.15, -0.1) is 0 Å². The molecule has 1 N–H and O–H groups in total. The SMILES string of the molecule is CN(C)CCN(C)CCC=O.CN1CCc2[nH]c(=O)c3c(c2C1)=CC=CCC=3. The number of allylic oxidation sites excluding steroid dienone is 2. The lowest BCUT2D eigenvalue weighted by atomic mass is 10.0. The van der Waals surface area contributed by atoms with E-state index < -0.39 is 0 Å². The molecule has 6 heteroatoms. The Kier molecular flexibility index (Phi) is 8.83. The summed E-state index contributed by atoms with van der Waals surface area (Å²) >= 11 is 0. The molecule has 0 saturated heterocycles. The van der Waals surface area contributed by atoms with Crippen molar-refractivity contribution in [3.05, 3.63) is 44.2 Å². The minimum absolute atomic E-state index is 0.0586. The summed E-state index contributed by atoms with van der Waals surface area (Å²) in [4.78, 5) is 31.7. The average Bonchev–Trinajstić information content (AvgIpc) is 2.93. The lowest BCUT2D eigenvalue weighted by Gasteiger charge is -2.24. The normalized spacial score (nSPS) is 15.6. The number of pyridine rings is 1. The first-order valence-electron chi connectivity index (χ1n) is 9.99. The fraction of sp³-hybridized carbons (Fsp3) is 0.545. The summed E-state index contributed by atoms with van der Waals surface area (Å²) in [5.41, 5.74) is 2.46. The summed E-state index contributed by atoms with van der Waals surface area (Å²) in [6.45, 7) is 4.89. The molecule has 0 amide bonds. The van der Waals surface area contributed by atoms with Gasteiger partial charge in [0.05, 0.1) is 0 Å². The second kappa shape index (κ2) is 11.1. The molecule has 0 unspecified atom stereocenters. The minimum Gasteiger partial charge on any atom is -0.325 e. The summed E-state index contributed by atoms with van der Waals surface area (Å²) in [5, 5.41) is 1.95. The molecule has 1 aliphatic carbocycles. The van der Waals surface area contributed by atoms with Gasteiger partial charge in [0, 0.05) is 56.5 Å². The van der Waals surface area contributed by atoms with Crippen LogP contribution in [0.1, 0.15) is 24.1 Å². The Hall–Kier alpha value is -2.02. The van der Waals surface area contributed by atoms with Crippen LogP contribution >= 0.6 is 0 Å². The van der Waals surface area contributed by atoms with Crippen molar-refractivity contribution in [2.24, 2.45) is 0 Å². The molecule has 1 aromatic heterocycles. The number of likely N-dealkylation sites (N-methyl/N-ethyl adjacent to an activating group) is 3. The predicted octanol–water partition coefficient (Wildman–Crippen LogP) is -0.0475. The van der Waals surface area contributed by atoms with E-state index in [1.54, 1.807) is 0 Å². The Morgan fingerprint density at radius 3 is 2.68 bits per heavy atom. The number of aldehydes is 1. The molecular weight excluding hydrogens is 352 g/mol. The van der Waals surface area contributed by atoms with Gasteiger partial charge >= 0.3 is 0 Å². The Morgan fingerprint density at radius 2 is 1.96 bits per heavy atom. The number of aromatic amines is 1. The standard InChI is InChI=1S/C14H16N2O.C8H18N2O/c1-16-8-7-13-12(9-16)10-5-3-2-4-6-11(10)14(17)15-13;1-9(2)6-7-10(3)5-4-8-11/h2-3,5-6H,4,7-9H2,1H3,(H,15,17);8H,4-7H2,1-3H3. The fourth-order valence-corrected chi connectivity index (χ4v) is 3.35. The predicted molar refractivity (Wildman–Crippen MR) is 116 cm³/mol. The van der Waals surface area contributed by atoms with Gasteiger partial charge in [0.15, 0.2) is 0 Å². The van der Waals surface area contributed by atoms with Gasteiger partial charge in [0.25, 0.3) is 5.56 Å². The van der Waals surface area contributed by atoms with Crippen molar-refractivity contribution < 1.29 is 4.79 Å². The van der Waals surface area contributed by atoms with E-state index in [9.17, 15) is 9.59 Å². The largest absolute Gasteiger partial charge is 0.325 e. The molecular formula is C22H34N4O2. The number of H-pyrrole nitrogens is 1. The number of rotatable bonds is 6. The van der Waals surface area contributed by atoms with E-state index in [-0.39, 0.29) is 5.56 Å². The maximum atomic E-state index is 12.0. The van der Waals surface area contributed by atoms with Crippen molar-refractivity contribution in [1.29, 1.82) is 0 Å². The molecule has 2 heterocycles. The van der Waals surface area contributed by atoms with E-state index in [0.717, 1.165) is 68.0 Å². The zero-order valence-corrected chi connectivity index (χ0v) is 17.7. The van der Waals surface area contributed by atoms with Crippen LogP contribution in [-0.2, 0) is 17.8 Å².